The maximum absolute atomic E-state index is 13.0. The van der Waals surface area contributed by atoms with E-state index >= 15 is 0 Å². The Balaban J connectivity index is 2.05. The van der Waals surface area contributed by atoms with Crippen molar-refractivity contribution in [1.82, 2.24) is 4.90 Å². The lowest BCUT2D eigenvalue weighted by Crippen LogP contribution is -2.49. The molecule has 0 radical (unpaired) electrons. The van der Waals surface area contributed by atoms with Crippen molar-refractivity contribution in [2.75, 3.05) is 13.2 Å². The first-order chi connectivity index (χ1) is 9.52. The van der Waals surface area contributed by atoms with Gasteiger partial charge in [-0.25, -0.2) is 0 Å². The van der Waals surface area contributed by atoms with Crippen LogP contribution in [0.3, 0.4) is 0 Å². The molecular formula is C17H31NO2. The predicted octanol–water partition coefficient (Wildman–Crippen LogP) is 3.47. The minimum Gasteiger partial charge on any atom is -0.381 e. The van der Waals surface area contributed by atoms with Gasteiger partial charge in [-0.3, -0.25) is 4.79 Å². The second-order valence-electron chi connectivity index (χ2n) is 7.05. The van der Waals surface area contributed by atoms with E-state index < -0.39 is 0 Å². The summed E-state index contributed by atoms with van der Waals surface area (Å²) in [6, 6.07) is 0.778. The predicted molar refractivity (Wildman–Crippen MR) is 81.5 cm³/mol. The van der Waals surface area contributed by atoms with Crippen molar-refractivity contribution in [2.24, 2.45) is 17.8 Å². The molecule has 0 aromatic heterocycles. The van der Waals surface area contributed by atoms with Crippen LogP contribution in [0.5, 0.6) is 0 Å². The molecule has 0 aromatic carbocycles. The number of ether oxygens (including phenoxy) is 1. The first-order valence-electron chi connectivity index (χ1n) is 8.42. The van der Waals surface area contributed by atoms with Crippen molar-refractivity contribution in [3.63, 3.8) is 0 Å². The fourth-order valence-corrected chi connectivity index (χ4v) is 3.99. The number of hydrogen-bond donors (Lipinski definition) is 0. The summed E-state index contributed by atoms with van der Waals surface area (Å²) < 4.78 is 5.43. The van der Waals surface area contributed by atoms with Gasteiger partial charge in [0.2, 0.25) is 5.91 Å². The van der Waals surface area contributed by atoms with Gasteiger partial charge >= 0.3 is 0 Å². The molecule has 1 heterocycles. The van der Waals surface area contributed by atoms with E-state index in [2.05, 4.69) is 32.6 Å². The van der Waals surface area contributed by atoms with Gasteiger partial charge in [0.05, 0.1) is 0 Å². The number of amides is 1. The highest BCUT2D eigenvalue weighted by atomic mass is 16.5. The Hall–Kier alpha value is -0.570. The molecule has 3 unspecified atom stereocenters. The van der Waals surface area contributed by atoms with Crippen LogP contribution in [0.25, 0.3) is 0 Å². The van der Waals surface area contributed by atoms with E-state index in [-0.39, 0.29) is 5.92 Å². The van der Waals surface area contributed by atoms with Gasteiger partial charge in [-0.15, -0.1) is 0 Å². The fraction of sp³-hybridized carbons (Fsp3) is 0.941. The Bertz CT molecular complexity index is 323. The zero-order valence-corrected chi connectivity index (χ0v) is 13.6. The smallest absolute Gasteiger partial charge is 0.226 e. The van der Waals surface area contributed by atoms with Crippen LogP contribution in [0.1, 0.15) is 59.8 Å². The van der Waals surface area contributed by atoms with Crippen LogP contribution in [0, 0.1) is 17.8 Å². The summed E-state index contributed by atoms with van der Waals surface area (Å²) in [6.45, 7) is 10.4. The Morgan fingerprint density at radius 1 is 1.10 bits per heavy atom. The molecule has 3 nitrogen and oxygen atoms in total. The largest absolute Gasteiger partial charge is 0.381 e. The zero-order chi connectivity index (χ0) is 14.7. The van der Waals surface area contributed by atoms with Crippen molar-refractivity contribution < 1.29 is 9.53 Å². The molecule has 1 amide bonds. The van der Waals surface area contributed by atoms with Crippen molar-refractivity contribution >= 4 is 5.91 Å². The number of rotatable bonds is 4. The van der Waals surface area contributed by atoms with Gasteiger partial charge in [-0.2, -0.15) is 0 Å². The Labute approximate surface area is 124 Å². The molecule has 1 saturated heterocycles. The average molecular weight is 281 g/mol. The van der Waals surface area contributed by atoms with Crippen LogP contribution in [0.4, 0.5) is 0 Å². The van der Waals surface area contributed by atoms with E-state index in [0.717, 1.165) is 26.1 Å². The summed E-state index contributed by atoms with van der Waals surface area (Å²) in [5, 5.41) is 0. The van der Waals surface area contributed by atoms with Gasteiger partial charge < -0.3 is 9.64 Å². The summed E-state index contributed by atoms with van der Waals surface area (Å²) in [4.78, 5) is 15.2. The molecule has 0 bridgehead atoms. The number of nitrogens with zero attached hydrogens (tertiary/aromatic N) is 1. The Morgan fingerprint density at radius 2 is 1.75 bits per heavy atom. The van der Waals surface area contributed by atoms with Crippen molar-refractivity contribution in [3.05, 3.63) is 0 Å². The third kappa shape index (κ3) is 3.36. The highest BCUT2D eigenvalue weighted by molar-refractivity contribution is 5.79. The highest BCUT2D eigenvalue weighted by Gasteiger charge is 2.37. The average Bonchev–Trinajstić information content (AvgIpc) is 2.85. The first kappa shape index (κ1) is 15.8. The standard InChI is InChI=1S/C17H31NO2/c1-12(2)18(16-7-5-6-13(16)3)17(19)14(4)15-8-10-20-11-9-15/h12-16H,5-11H2,1-4H3. The van der Waals surface area contributed by atoms with Gasteiger partial charge in [0.15, 0.2) is 0 Å². The minimum absolute atomic E-state index is 0.147. The second kappa shape index (κ2) is 6.93. The maximum Gasteiger partial charge on any atom is 0.226 e. The quantitative estimate of drug-likeness (QED) is 0.789. The van der Waals surface area contributed by atoms with Gasteiger partial charge in [0.25, 0.3) is 0 Å². The summed E-state index contributed by atoms with van der Waals surface area (Å²) >= 11 is 0. The SMILES string of the molecule is CC1CCCC1N(C(=O)C(C)C1CCOCC1)C(C)C. The van der Waals surface area contributed by atoms with Crippen LogP contribution in [0.15, 0.2) is 0 Å². The van der Waals surface area contributed by atoms with Crippen molar-refractivity contribution in [1.29, 1.82) is 0 Å². The number of hydrogen-bond acceptors (Lipinski definition) is 2. The van der Waals surface area contributed by atoms with E-state index in [1.807, 2.05) is 0 Å². The zero-order valence-electron chi connectivity index (χ0n) is 13.6. The van der Waals surface area contributed by atoms with Crippen molar-refractivity contribution in [3.8, 4) is 0 Å². The van der Waals surface area contributed by atoms with Crippen molar-refractivity contribution in [2.45, 2.75) is 71.9 Å². The summed E-state index contributed by atoms with van der Waals surface area (Å²) in [5.74, 6) is 1.69. The maximum atomic E-state index is 13.0. The van der Waals surface area contributed by atoms with E-state index in [4.69, 9.17) is 4.74 Å². The molecule has 3 atom stereocenters. The molecule has 1 aliphatic carbocycles. The molecule has 20 heavy (non-hydrogen) atoms. The third-order valence-electron chi connectivity index (χ3n) is 5.35. The molecule has 0 N–H and O–H groups in total. The van der Waals surface area contributed by atoms with Crippen LogP contribution in [0.2, 0.25) is 0 Å². The van der Waals surface area contributed by atoms with E-state index in [9.17, 15) is 4.79 Å². The summed E-state index contributed by atoms with van der Waals surface area (Å²) in [5.41, 5.74) is 0. The molecule has 3 heteroatoms. The summed E-state index contributed by atoms with van der Waals surface area (Å²) in [7, 11) is 0. The molecule has 2 rings (SSSR count). The van der Waals surface area contributed by atoms with Gasteiger partial charge in [-0.1, -0.05) is 20.3 Å². The fourth-order valence-electron chi connectivity index (χ4n) is 3.99. The van der Waals surface area contributed by atoms with Crippen LogP contribution in [-0.4, -0.2) is 36.1 Å². The molecule has 2 aliphatic rings. The summed E-state index contributed by atoms with van der Waals surface area (Å²) in [6.07, 6.45) is 5.81. The van der Waals surface area contributed by atoms with Crippen LogP contribution in [-0.2, 0) is 9.53 Å². The van der Waals surface area contributed by atoms with E-state index in [0.29, 0.717) is 29.8 Å². The van der Waals surface area contributed by atoms with Gasteiger partial charge in [0.1, 0.15) is 0 Å². The molecular weight excluding hydrogens is 250 g/mol. The van der Waals surface area contributed by atoms with Gasteiger partial charge in [-0.05, 0) is 51.4 Å². The lowest BCUT2D eigenvalue weighted by molar-refractivity contribution is -0.143. The third-order valence-corrected chi connectivity index (χ3v) is 5.35. The normalized spacial score (nSPS) is 29.6. The number of carbonyl (C=O) groups is 1. The minimum atomic E-state index is 0.147. The van der Waals surface area contributed by atoms with E-state index in [1.165, 1.54) is 19.3 Å². The van der Waals surface area contributed by atoms with E-state index in [1.54, 1.807) is 0 Å². The molecule has 2 fully saturated rings. The highest BCUT2D eigenvalue weighted by Crippen LogP contribution is 2.33. The van der Waals surface area contributed by atoms with Crippen LogP contribution < -0.4 is 0 Å². The molecule has 1 aliphatic heterocycles. The molecule has 0 spiro atoms. The van der Waals surface area contributed by atoms with Gasteiger partial charge in [0, 0.05) is 31.2 Å². The number of carbonyl (C=O) groups excluding carboxylic acids is 1. The molecule has 0 aromatic rings. The second-order valence-corrected chi connectivity index (χ2v) is 7.05. The molecule has 116 valence electrons. The lowest BCUT2D eigenvalue weighted by atomic mass is 9.85. The Kier molecular flexibility index (Phi) is 5.48. The lowest BCUT2D eigenvalue weighted by Gasteiger charge is -2.39. The monoisotopic (exact) mass is 281 g/mol. The topological polar surface area (TPSA) is 29.5 Å². The first-order valence-corrected chi connectivity index (χ1v) is 8.42. The Morgan fingerprint density at radius 3 is 2.25 bits per heavy atom. The molecule has 1 saturated carbocycles. The van der Waals surface area contributed by atoms with Crippen LogP contribution >= 0.6 is 0 Å².